The minimum Gasteiger partial charge on any atom is -0.467 e. The van der Waals surface area contributed by atoms with Crippen molar-refractivity contribution in [2.45, 2.75) is 6.61 Å². The molecular weight excluding hydrogens is 275 g/mol. The summed E-state index contributed by atoms with van der Waals surface area (Å²) in [7, 11) is 0. The van der Waals surface area contributed by atoms with Gasteiger partial charge in [-0.15, -0.1) is 0 Å². The molecule has 0 spiro atoms. The fourth-order valence-electron chi connectivity index (χ4n) is 1.43. The molecule has 18 heavy (non-hydrogen) atoms. The van der Waals surface area contributed by atoms with Gasteiger partial charge in [-0.3, -0.25) is 4.79 Å². The molecule has 3 nitrogen and oxygen atoms in total. The van der Waals surface area contributed by atoms with Crippen LogP contribution in [0.3, 0.4) is 0 Å². The molecule has 1 aromatic carbocycles. The summed E-state index contributed by atoms with van der Waals surface area (Å²) in [4.78, 5) is 11.8. The van der Waals surface area contributed by atoms with Gasteiger partial charge in [0, 0.05) is 10.6 Å². The third kappa shape index (κ3) is 3.35. The van der Waals surface area contributed by atoms with E-state index in [9.17, 15) is 4.79 Å². The van der Waals surface area contributed by atoms with Gasteiger partial charge in [-0.1, -0.05) is 23.2 Å². The Labute approximate surface area is 114 Å². The minimum atomic E-state index is -0.214. The SMILES string of the molecule is O=C(COCc1ccco1)c1cc(Cl)ccc1Cl. The summed E-state index contributed by atoms with van der Waals surface area (Å²) in [6.07, 6.45) is 1.55. The number of Topliss-reactive ketones (excluding diaryl/α,β-unsaturated/α-hetero) is 1. The Morgan fingerprint density at radius 1 is 1.28 bits per heavy atom. The van der Waals surface area contributed by atoms with Crippen LogP contribution in [0.5, 0.6) is 0 Å². The summed E-state index contributed by atoms with van der Waals surface area (Å²) in [5.41, 5.74) is 0.364. The van der Waals surface area contributed by atoms with E-state index in [4.69, 9.17) is 32.4 Å². The molecule has 0 bridgehead atoms. The van der Waals surface area contributed by atoms with Gasteiger partial charge >= 0.3 is 0 Å². The predicted molar refractivity (Wildman–Crippen MR) is 69.2 cm³/mol. The number of carbonyl (C=O) groups is 1. The Kier molecular flexibility index (Phi) is 4.42. The molecule has 0 radical (unpaired) electrons. The molecule has 0 aliphatic carbocycles. The molecule has 2 aromatic rings. The second kappa shape index (κ2) is 6.05. The Balaban J connectivity index is 1.93. The van der Waals surface area contributed by atoms with Gasteiger partial charge in [0.2, 0.25) is 0 Å². The smallest absolute Gasteiger partial charge is 0.190 e. The normalized spacial score (nSPS) is 10.6. The highest BCUT2D eigenvalue weighted by Gasteiger charge is 2.11. The van der Waals surface area contributed by atoms with Crippen LogP contribution < -0.4 is 0 Å². The quantitative estimate of drug-likeness (QED) is 0.780. The van der Waals surface area contributed by atoms with Crippen LogP contribution in [0.1, 0.15) is 16.1 Å². The van der Waals surface area contributed by atoms with Gasteiger partial charge in [-0.05, 0) is 30.3 Å². The van der Waals surface area contributed by atoms with Gasteiger partial charge in [0.05, 0.1) is 11.3 Å². The number of hydrogen-bond donors (Lipinski definition) is 0. The predicted octanol–water partition coefficient (Wildman–Crippen LogP) is 3.99. The third-order valence-electron chi connectivity index (χ3n) is 2.29. The largest absolute Gasteiger partial charge is 0.467 e. The number of halogens is 2. The summed E-state index contributed by atoms with van der Waals surface area (Å²) < 4.78 is 10.3. The van der Waals surface area contributed by atoms with Gasteiger partial charge < -0.3 is 9.15 Å². The van der Waals surface area contributed by atoms with E-state index in [0.717, 1.165) is 0 Å². The molecule has 0 amide bonds. The molecule has 1 heterocycles. The molecule has 94 valence electrons. The molecule has 5 heteroatoms. The molecule has 0 saturated carbocycles. The molecule has 1 aromatic heterocycles. The number of rotatable bonds is 5. The van der Waals surface area contributed by atoms with Crippen LogP contribution in [0.4, 0.5) is 0 Å². The van der Waals surface area contributed by atoms with Crippen molar-refractivity contribution >= 4 is 29.0 Å². The van der Waals surface area contributed by atoms with Crippen molar-refractivity contribution in [1.29, 1.82) is 0 Å². The van der Waals surface area contributed by atoms with E-state index >= 15 is 0 Å². The molecule has 0 aliphatic heterocycles. The first-order valence-corrected chi connectivity index (χ1v) is 6.01. The highest BCUT2D eigenvalue weighted by Crippen LogP contribution is 2.21. The Bertz CT molecular complexity index is 535. The van der Waals surface area contributed by atoms with Crippen LogP contribution in [-0.2, 0) is 11.3 Å². The van der Waals surface area contributed by atoms with Crippen LogP contribution in [0.15, 0.2) is 41.0 Å². The molecule has 0 N–H and O–H groups in total. The average Bonchev–Trinajstić information content (AvgIpc) is 2.85. The van der Waals surface area contributed by atoms with Crippen LogP contribution in [0, 0.1) is 0 Å². The van der Waals surface area contributed by atoms with Gasteiger partial charge in [0.1, 0.15) is 19.0 Å². The summed E-state index contributed by atoms with van der Waals surface area (Å²) in [6.45, 7) is 0.178. The molecule has 2 rings (SSSR count). The maximum atomic E-state index is 11.8. The Morgan fingerprint density at radius 3 is 2.83 bits per heavy atom. The third-order valence-corrected chi connectivity index (χ3v) is 2.85. The number of benzene rings is 1. The highest BCUT2D eigenvalue weighted by molar-refractivity contribution is 6.35. The van der Waals surface area contributed by atoms with Crippen molar-refractivity contribution in [3.63, 3.8) is 0 Å². The summed E-state index contributed by atoms with van der Waals surface area (Å²) in [5, 5.41) is 0.833. The van der Waals surface area contributed by atoms with Crippen molar-refractivity contribution in [1.82, 2.24) is 0 Å². The van der Waals surface area contributed by atoms with Crippen molar-refractivity contribution < 1.29 is 13.9 Å². The lowest BCUT2D eigenvalue weighted by atomic mass is 10.1. The van der Waals surface area contributed by atoms with Crippen LogP contribution in [0.25, 0.3) is 0 Å². The van der Waals surface area contributed by atoms with E-state index in [0.29, 0.717) is 21.4 Å². The zero-order valence-corrected chi connectivity index (χ0v) is 10.9. The first-order valence-electron chi connectivity index (χ1n) is 5.25. The fraction of sp³-hybridized carbons (Fsp3) is 0.154. The molecular formula is C13H10Cl2O3. The first kappa shape index (κ1) is 13.1. The molecule has 0 fully saturated rings. The number of hydrogen-bond acceptors (Lipinski definition) is 3. The van der Waals surface area contributed by atoms with Gasteiger partial charge in [0.15, 0.2) is 5.78 Å². The van der Waals surface area contributed by atoms with Crippen molar-refractivity contribution in [3.05, 3.63) is 58.0 Å². The summed E-state index contributed by atoms with van der Waals surface area (Å²) in [6, 6.07) is 8.28. The summed E-state index contributed by atoms with van der Waals surface area (Å²) >= 11 is 11.7. The van der Waals surface area contributed by atoms with E-state index in [1.165, 1.54) is 6.07 Å². The number of furan rings is 1. The minimum absolute atomic E-state index is 0.0687. The van der Waals surface area contributed by atoms with Crippen LogP contribution in [0.2, 0.25) is 10.0 Å². The zero-order valence-electron chi connectivity index (χ0n) is 9.36. The topological polar surface area (TPSA) is 39.4 Å². The lowest BCUT2D eigenvalue weighted by molar-refractivity contribution is 0.0691. The lowest BCUT2D eigenvalue weighted by Crippen LogP contribution is -2.09. The lowest BCUT2D eigenvalue weighted by Gasteiger charge is -2.04. The van der Waals surface area contributed by atoms with Crippen molar-refractivity contribution in [2.24, 2.45) is 0 Å². The van der Waals surface area contributed by atoms with E-state index in [1.807, 2.05) is 0 Å². The second-order valence-electron chi connectivity index (χ2n) is 3.62. The molecule has 0 unspecified atom stereocenters. The van der Waals surface area contributed by atoms with E-state index in [-0.39, 0.29) is 19.0 Å². The number of ketones is 1. The molecule has 0 atom stereocenters. The van der Waals surface area contributed by atoms with Crippen LogP contribution >= 0.6 is 23.2 Å². The van der Waals surface area contributed by atoms with Gasteiger partial charge in [0.25, 0.3) is 0 Å². The molecule has 0 aliphatic rings. The van der Waals surface area contributed by atoms with Gasteiger partial charge in [-0.2, -0.15) is 0 Å². The summed E-state index contributed by atoms with van der Waals surface area (Å²) in [5.74, 6) is 0.453. The van der Waals surface area contributed by atoms with Crippen molar-refractivity contribution in [3.8, 4) is 0 Å². The molecule has 0 saturated heterocycles. The fourth-order valence-corrected chi connectivity index (χ4v) is 1.82. The highest BCUT2D eigenvalue weighted by atomic mass is 35.5. The average molecular weight is 285 g/mol. The standard InChI is InChI=1S/C13H10Cl2O3/c14-9-3-4-12(15)11(6-9)13(16)8-17-7-10-2-1-5-18-10/h1-6H,7-8H2. The van der Waals surface area contributed by atoms with Crippen molar-refractivity contribution in [2.75, 3.05) is 6.61 Å². The zero-order chi connectivity index (χ0) is 13.0. The monoisotopic (exact) mass is 284 g/mol. The maximum Gasteiger partial charge on any atom is 0.190 e. The first-order chi connectivity index (χ1) is 8.66. The Hall–Kier alpha value is -1.29. The Morgan fingerprint density at radius 2 is 2.11 bits per heavy atom. The number of carbonyl (C=O) groups excluding carboxylic acids is 1. The van der Waals surface area contributed by atoms with Gasteiger partial charge in [-0.25, -0.2) is 0 Å². The van der Waals surface area contributed by atoms with E-state index < -0.39 is 0 Å². The second-order valence-corrected chi connectivity index (χ2v) is 4.46. The van der Waals surface area contributed by atoms with E-state index in [1.54, 1.807) is 30.5 Å². The maximum absolute atomic E-state index is 11.8. The number of ether oxygens (including phenoxy) is 1. The van der Waals surface area contributed by atoms with E-state index in [2.05, 4.69) is 0 Å². The van der Waals surface area contributed by atoms with Crippen LogP contribution in [-0.4, -0.2) is 12.4 Å².